The molecule has 0 bridgehead atoms. The predicted molar refractivity (Wildman–Crippen MR) is 31.2 cm³/mol. The molecule has 1 fully saturated rings. The van der Waals surface area contributed by atoms with Crippen LogP contribution in [0.1, 0.15) is 25.7 Å². The number of hydrogen-bond acceptors (Lipinski definition) is 2. The van der Waals surface area contributed by atoms with Gasteiger partial charge < -0.3 is 4.55 Å². The van der Waals surface area contributed by atoms with Gasteiger partial charge in [0.15, 0.2) is 0 Å². The molecule has 0 radical (unpaired) electrons. The standard InChI is InChI=1S/C5H10O2S.K/c6-8(7)5-3-1-2-4-5;/h5H,1-4H2,(H,6,7);/q;+1/p-1. The molecular weight excluding hydrogens is 163 g/mol. The minimum Gasteiger partial charge on any atom is -0.772 e. The Labute approximate surface area is 100 Å². The van der Waals surface area contributed by atoms with Crippen molar-refractivity contribution in [2.75, 3.05) is 0 Å². The fourth-order valence-electron chi connectivity index (χ4n) is 1.08. The van der Waals surface area contributed by atoms with Gasteiger partial charge in [-0.2, -0.15) is 0 Å². The third-order valence-electron chi connectivity index (χ3n) is 1.57. The molecule has 0 heterocycles. The molecule has 0 aliphatic heterocycles. The first kappa shape index (κ1) is 10.7. The Kier molecular flexibility index (Phi) is 6.45. The van der Waals surface area contributed by atoms with Crippen LogP contribution in [0.4, 0.5) is 0 Å². The molecule has 1 rings (SSSR count). The van der Waals surface area contributed by atoms with E-state index in [1.807, 2.05) is 0 Å². The summed E-state index contributed by atoms with van der Waals surface area (Å²) in [4.78, 5) is 0. The van der Waals surface area contributed by atoms with Crippen LogP contribution in [0.15, 0.2) is 0 Å². The Balaban J connectivity index is 0.000000640. The third kappa shape index (κ3) is 3.60. The smallest absolute Gasteiger partial charge is 0.772 e. The van der Waals surface area contributed by atoms with Crippen molar-refractivity contribution in [3.63, 3.8) is 0 Å². The summed E-state index contributed by atoms with van der Waals surface area (Å²) in [7, 11) is 0. The van der Waals surface area contributed by atoms with Crippen molar-refractivity contribution in [3.8, 4) is 0 Å². The van der Waals surface area contributed by atoms with Crippen LogP contribution in [0.25, 0.3) is 0 Å². The maximum absolute atomic E-state index is 10.2. The quantitative estimate of drug-likeness (QED) is 0.333. The topological polar surface area (TPSA) is 40.1 Å². The van der Waals surface area contributed by atoms with Crippen molar-refractivity contribution in [1.29, 1.82) is 0 Å². The van der Waals surface area contributed by atoms with Gasteiger partial charge in [-0.05, 0) is 12.8 Å². The van der Waals surface area contributed by atoms with Gasteiger partial charge in [0.2, 0.25) is 0 Å². The van der Waals surface area contributed by atoms with E-state index in [2.05, 4.69) is 0 Å². The average molecular weight is 172 g/mol. The Morgan fingerprint density at radius 3 is 2.00 bits per heavy atom. The zero-order chi connectivity index (χ0) is 5.98. The summed E-state index contributed by atoms with van der Waals surface area (Å²) >= 11 is -1.79. The van der Waals surface area contributed by atoms with Crippen molar-refractivity contribution >= 4 is 11.1 Å². The Hall–Kier alpha value is 1.75. The van der Waals surface area contributed by atoms with E-state index in [9.17, 15) is 8.76 Å². The van der Waals surface area contributed by atoms with Crippen molar-refractivity contribution in [2.24, 2.45) is 0 Å². The molecule has 1 aliphatic rings. The van der Waals surface area contributed by atoms with E-state index in [4.69, 9.17) is 0 Å². The zero-order valence-corrected chi connectivity index (χ0v) is 9.57. The van der Waals surface area contributed by atoms with Crippen LogP contribution in [0.3, 0.4) is 0 Å². The van der Waals surface area contributed by atoms with E-state index in [0.29, 0.717) is 0 Å². The van der Waals surface area contributed by atoms with E-state index in [-0.39, 0.29) is 56.6 Å². The molecule has 48 valence electrons. The van der Waals surface area contributed by atoms with Gasteiger partial charge in [-0.3, -0.25) is 4.21 Å². The largest absolute Gasteiger partial charge is 1.00 e. The number of rotatable bonds is 1. The van der Waals surface area contributed by atoms with Gasteiger partial charge in [-0.1, -0.05) is 23.9 Å². The molecule has 1 saturated carbocycles. The fraction of sp³-hybridized carbons (Fsp3) is 1.00. The molecule has 0 amide bonds. The molecule has 1 atom stereocenters. The molecule has 0 spiro atoms. The van der Waals surface area contributed by atoms with Crippen LogP contribution in [0, 0.1) is 0 Å². The first-order valence-corrected chi connectivity index (χ1v) is 4.02. The van der Waals surface area contributed by atoms with E-state index in [1.54, 1.807) is 0 Å². The van der Waals surface area contributed by atoms with Gasteiger partial charge in [0, 0.05) is 5.25 Å². The minimum atomic E-state index is -1.79. The van der Waals surface area contributed by atoms with Crippen LogP contribution in [0.5, 0.6) is 0 Å². The molecule has 1 unspecified atom stereocenters. The van der Waals surface area contributed by atoms with Gasteiger partial charge in [-0.15, -0.1) is 0 Å². The zero-order valence-electron chi connectivity index (χ0n) is 5.63. The van der Waals surface area contributed by atoms with Gasteiger partial charge >= 0.3 is 51.4 Å². The van der Waals surface area contributed by atoms with Crippen LogP contribution in [-0.2, 0) is 11.1 Å². The van der Waals surface area contributed by atoms with Crippen LogP contribution < -0.4 is 51.4 Å². The summed E-state index contributed by atoms with van der Waals surface area (Å²) in [6, 6.07) is 0. The molecule has 0 N–H and O–H groups in total. The van der Waals surface area contributed by atoms with Crippen molar-refractivity contribution < 1.29 is 60.1 Å². The summed E-state index contributed by atoms with van der Waals surface area (Å²) < 4.78 is 20.4. The van der Waals surface area contributed by atoms with Gasteiger partial charge in [0.05, 0.1) is 0 Å². The molecule has 0 saturated heterocycles. The average Bonchev–Trinajstić information content (AvgIpc) is 2.12. The molecule has 9 heavy (non-hydrogen) atoms. The third-order valence-corrected chi connectivity index (χ3v) is 2.59. The summed E-state index contributed by atoms with van der Waals surface area (Å²) in [6.07, 6.45) is 3.96. The number of hydrogen-bond donors (Lipinski definition) is 0. The molecule has 0 aromatic heterocycles. The Morgan fingerprint density at radius 1 is 1.33 bits per heavy atom. The minimum absolute atomic E-state index is 0. The van der Waals surface area contributed by atoms with Crippen molar-refractivity contribution in [3.05, 3.63) is 0 Å². The molecule has 2 nitrogen and oxygen atoms in total. The van der Waals surface area contributed by atoms with Gasteiger partial charge in [0.1, 0.15) is 0 Å². The molecule has 1 aliphatic carbocycles. The molecule has 0 aromatic rings. The second kappa shape index (κ2) is 5.40. The summed E-state index contributed by atoms with van der Waals surface area (Å²) in [5.41, 5.74) is 0. The summed E-state index contributed by atoms with van der Waals surface area (Å²) in [5, 5.41) is -0.0185. The first-order valence-electron chi connectivity index (χ1n) is 2.89. The maximum atomic E-state index is 10.2. The van der Waals surface area contributed by atoms with Gasteiger partial charge in [0.25, 0.3) is 0 Å². The Bertz CT molecular complexity index is 101. The van der Waals surface area contributed by atoms with Crippen LogP contribution in [0.2, 0.25) is 0 Å². The normalized spacial score (nSPS) is 23.2. The maximum Gasteiger partial charge on any atom is 1.00 e. The summed E-state index contributed by atoms with van der Waals surface area (Å²) in [6.45, 7) is 0. The van der Waals surface area contributed by atoms with Crippen molar-refractivity contribution in [1.82, 2.24) is 0 Å². The van der Waals surface area contributed by atoms with E-state index in [0.717, 1.165) is 25.7 Å². The van der Waals surface area contributed by atoms with Crippen molar-refractivity contribution in [2.45, 2.75) is 30.9 Å². The Morgan fingerprint density at radius 2 is 1.78 bits per heavy atom. The van der Waals surface area contributed by atoms with Crippen LogP contribution >= 0.6 is 0 Å². The fourth-order valence-corrected chi connectivity index (χ4v) is 1.80. The SMILES string of the molecule is O=S([O-])C1CCCC1.[K+]. The first-order chi connectivity index (χ1) is 3.80. The van der Waals surface area contributed by atoms with Crippen LogP contribution in [-0.4, -0.2) is 14.0 Å². The molecular formula is C5H9KO2S. The van der Waals surface area contributed by atoms with E-state index < -0.39 is 11.1 Å². The second-order valence-electron chi connectivity index (χ2n) is 2.17. The van der Waals surface area contributed by atoms with Gasteiger partial charge in [-0.25, -0.2) is 0 Å². The summed E-state index contributed by atoms with van der Waals surface area (Å²) in [5.74, 6) is 0. The van der Waals surface area contributed by atoms with E-state index >= 15 is 0 Å². The molecule has 0 aromatic carbocycles. The molecule has 4 heteroatoms. The predicted octanol–water partition coefficient (Wildman–Crippen LogP) is -2.19. The monoisotopic (exact) mass is 172 g/mol. The van der Waals surface area contributed by atoms with E-state index in [1.165, 1.54) is 0 Å². The second-order valence-corrected chi connectivity index (χ2v) is 3.35.